The van der Waals surface area contributed by atoms with E-state index in [0.29, 0.717) is 5.56 Å². The molecule has 1 N–H and O–H groups in total. The van der Waals surface area contributed by atoms with Crippen LogP contribution in [0, 0.1) is 12.7 Å². The van der Waals surface area contributed by atoms with E-state index in [1.165, 1.54) is 11.0 Å². The average Bonchev–Trinajstić information content (AvgIpc) is 3.17. The third-order valence-electron chi connectivity index (χ3n) is 6.58. The molecule has 0 saturated carbocycles. The third-order valence-corrected chi connectivity index (χ3v) is 6.58. The largest absolute Gasteiger partial charge is 0.343 e. The van der Waals surface area contributed by atoms with Crippen LogP contribution in [0.2, 0.25) is 0 Å². The number of benzene rings is 2. The van der Waals surface area contributed by atoms with E-state index in [2.05, 4.69) is 34.2 Å². The number of urea groups is 1. The number of nitrogens with one attached hydrogen (secondary N) is 1. The smallest absolute Gasteiger partial charge is 0.328 e. The molecule has 31 heavy (non-hydrogen) atoms. The molecule has 2 aromatic rings. The number of fused-ring (bicyclic) bond motifs is 3. The summed E-state index contributed by atoms with van der Waals surface area (Å²) in [7, 11) is 1.70. The minimum absolute atomic E-state index is 0.0715. The van der Waals surface area contributed by atoms with Crippen molar-refractivity contribution in [2.75, 3.05) is 25.0 Å². The Hall–Kier alpha value is -2.97. The van der Waals surface area contributed by atoms with Gasteiger partial charge in [-0.3, -0.25) is 19.9 Å². The predicted octanol–water partition coefficient (Wildman–Crippen LogP) is 2.32. The zero-order valence-electron chi connectivity index (χ0n) is 17.7. The second-order valence-electron chi connectivity index (χ2n) is 8.41. The summed E-state index contributed by atoms with van der Waals surface area (Å²) in [6, 6.07) is 13.5. The van der Waals surface area contributed by atoms with Crippen LogP contribution in [0.4, 0.5) is 14.9 Å². The van der Waals surface area contributed by atoms with Crippen molar-refractivity contribution in [2.24, 2.45) is 0 Å². The van der Waals surface area contributed by atoms with Gasteiger partial charge in [-0.25, -0.2) is 9.18 Å². The molecule has 0 bridgehead atoms. The monoisotopic (exact) mass is 423 g/mol. The van der Waals surface area contributed by atoms with E-state index in [-0.39, 0.29) is 18.7 Å². The minimum atomic E-state index is -0.508. The van der Waals surface area contributed by atoms with E-state index in [0.717, 1.165) is 30.8 Å². The van der Waals surface area contributed by atoms with Gasteiger partial charge in [0.15, 0.2) is 0 Å². The molecule has 3 unspecified atom stereocenters. The highest BCUT2D eigenvalue weighted by Gasteiger charge is 2.56. The Bertz CT molecular complexity index is 1030. The normalized spacial score (nSPS) is 26.3. The van der Waals surface area contributed by atoms with Crippen molar-refractivity contribution in [2.45, 2.75) is 38.4 Å². The summed E-state index contributed by atoms with van der Waals surface area (Å²) >= 11 is 0. The highest BCUT2D eigenvalue weighted by atomic mass is 19.1. The molecule has 5 rings (SSSR count). The minimum Gasteiger partial charge on any atom is -0.343 e. The van der Waals surface area contributed by atoms with Crippen LogP contribution in [0.15, 0.2) is 48.5 Å². The van der Waals surface area contributed by atoms with Gasteiger partial charge in [0, 0.05) is 31.4 Å². The van der Waals surface area contributed by atoms with Gasteiger partial charge in [0.1, 0.15) is 24.3 Å². The van der Waals surface area contributed by atoms with E-state index in [1.807, 2.05) is 12.1 Å². The van der Waals surface area contributed by atoms with Gasteiger partial charge in [-0.05, 0) is 31.0 Å². The highest BCUT2D eigenvalue weighted by molar-refractivity contribution is 6.00. The number of carbonyl (C=O) groups excluding carboxylic acids is 2. The Kier molecular flexibility index (Phi) is 4.91. The van der Waals surface area contributed by atoms with Gasteiger partial charge in [0.25, 0.3) is 5.91 Å². The van der Waals surface area contributed by atoms with Crippen LogP contribution in [-0.2, 0) is 11.3 Å². The molecule has 3 atom stereocenters. The fourth-order valence-electron chi connectivity index (χ4n) is 4.99. The van der Waals surface area contributed by atoms with Gasteiger partial charge in [-0.1, -0.05) is 36.4 Å². The van der Waals surface area contributed by atoms with Crippen molar-refractivity contribution in [3.05, 3.63) is 65.5 Å². The molecule has 3 amide bonds. The number of halogens is 1. The number of para-hydroxylation sites is 1. The SMILES string of the molecule is Cc1ccccc1N1CCCN2C3C(=O)N(Cc4ccccc4F)C(=O)N(C)C3NC12. The summed E-state index contributed by atoms with van der Waals surface area (Å²) < 4.78 is 14.2. The summed E-state index contributed by atoms with van der Waals surface area (Å²) in [5.74, 6) is -0.697. The standard InChI is InChI=1S/C23H26FN5O2/c1-15-8-3-6-11-18(15)27-12-7-13-28-19-20(25-22(27)28)26(2)23(31)29(21(19)30)14-16-9-4-5-10-17(16)24/h3-6,8-11,19-20,22,25H,7,12-14H2,1-2H3. The van der Waals surface area contributed by atoms with Gasteiger partial charge in [-0.15, -0.1) is 0 Å². The number of imide groups is 1. The number of aryl methyl sites for hydroxylation is 1. The lowest BCUT2D eigenvalue weighted by atomic mass is 10.1. The summed E-state index contributed by atoms with van der Waals surface area (Å²) in [5.41, 5.74) is 2.62. The van der Waals surface area contributed by atoms with E-state index in [4.69, 9.17) is 0 Å². The molecule has 0 aliphatic carbocycles. The molecule has 8 heteroatoms. The Labute approximate surface area is 181 Å². The van der Waals surface area contributed by atoms with Gasteiger partial charge in [0.05, 0.1) is 6.54 Å². The quantitative estimate of drug-likeness (QED) is 0.821. The highest BCUT2D eigenvalue weighted by Crippen LogP contribution is 2.34. The zero-order valence-corrected chi connectivity index (χ0v) is 17.7. The van der Waals surface area contributed by atoms with E-state index >= 15 is 0 Å². The van der Waals surface area contributed by atoms with Crippen LogP contribution < -0.4 is 10.2 Å². The first-order valence-electron chi connectivity index (χ1n) is 10.6. The van der Waals surface area contributed by atoms with E-state index in [1.54, 1.807) is 30.1 Å². The maximum Gasteiger partial charge on any atom is 0.328 e. The summed E-state index contributed by atoms with van der Waals surface area (Å²) in [4.78, 5) is 33.7. The van der Waals surface area contributed by atoms with Crippen LogP contribution in [0.25, 0.3) is 0 Å². The van der Waals surface area contributed by atoms with Crippen LogP contribution in [0.5, 0.6) is 0 Å². The van der Waals surface area contributed by atoms with Crippen LogP contribution in [-0.4, -0.2) is 65.3 Å². The molecule has 7 nitrogen and oxygen atoms in total. The number of hydrogen-bond acceptors (Lipinski definition) is 5. The van der Waals surface area contributed by atoms with Crippen molar-refractivity contribution >= 4 is 17.6 Å². The van der Waals surface area contributed by atoms with Crippen molar-refractivity contribution in [1.29, 1.82) is 0 Å². The Morgan fingerprint density at radius 2 is 1.81 bits per heavy atom. The lowest BCUT2D eigenvalue weighted by molar-refractivity contribution is -0.139. The number of nitrogens with zero attached hydrogens (tertiary/aromatic N) is 4. The van der Waals surface area contributed by atoms with Gasteiger partial charge < -0.3 is 9.80 Å². The fraction of sp³-hybridized carbons (Fsp3) is 0.391. The molecular formula is C23H26FN5O2. The topological polar surface area (TPSA) is 59.1 Å². The second kappa shape index (κ2) is 7.62. The molecule has 0 spiro atoms. The molecule has 3 aliphatic rings. The molecule has 3 aliphatic heterocycles. The molecular weight excluding hydrogens is 397 g/mol. The summed E-state index contributed by atoms with van der Waals surface area (Å²) in [6.07, 6.45) is 0.303. The first kappa shape index (κ1) is 20.0. The second-order valence-corrected chi connectivity index (χ2v) is 8.41. The molecule has 3 heterocycles. The van der Waals surface area contributed by atoms with E-state index in [9.17, 15) is 14.0 Å². The first-order valence-corrected chi connectivity index (χ1v) is 10.6. The Morgan fingerprint density at radius 1 is 1.06 bits per heavy atom. The Morgan fingerprint density at radius 3 is 2.58 bits per heavy atom. The lowest BCUT2D eigenvalue weighted by Crippen LogP contribution is -2.66. The maximum absolute atomic E-state index is 14.2. The number of anilines is 1. The lowest BCUT2D eigenvalue weighted by Gasteiger charge is -2.44. The van der Waals surface area contributed by atoms with Crippen LogP contribution in [0.3, 0.4) is 0 Å². The van der Waals surface area contributed by atoms with Gasteiger partial charge in [-0.2, -0.15) is 0 Å². The Balaban J connectivity index is 1.46. The molecule has 0 radical (unpaired) electrons. The third kappa shape index (κ3) is 3.18. The first-order chi connectivity index (χ1) is 15.0. The fourth-order valence-corrected chi connectivity index (χ4v) is 4.99. The molecule has 0 aromatic heterocycles. The summed E-state index contributed by atoms with van der Waals surface area (Å²) in [6.45, 7) is 3.62. The van der Waals surface area contributed by atoms with Crippen molar-refractivity contribution in [3.63, 3.8) is 0 Å². The molecule has 3 saturated heterocycles. The zero-order chi connectivity index (χ0) is 21.7. The molecule has 3 fully saturated rings. The van der Waals surface area contributed by atoms with Gasteiger partial charge >= 0.3 is 6.03 Å². The summed E-state index contributed by atoms with van der Waals surface area (Å²) in [5, 5.41) is 3.51. The number of carbonyl (C=O) groups is 2. The number of hydrogen-bond donors (Lipinski definition) is 1. The van der Waals surface area contributed by atoms with Crippen LogP contribution >= 0.6 is 0 Å². The number of likely N-dealkylation sites (N-methyl/N-ethyl adjacent to an activating group) is 1. The number of rotatable bonds is 3. The van der Waals surface area contributed by atoms with Crippen LogP contribution in [0.1, 0.15) is 17.5 Å². The molecule has 2 aromatic carbocycles. The number of amides is 3. The predicted molar refractivity (Wildman–Crippen MR) is 114 cm³/mol. The molecule has 162 valence electrons. The van der Waals surface area contributed by atoms with Crippen molar-refractivity contribution in [1.82, 2.24) is 20.0 Å². The van der Waals surface area contributed by atoms with Crippen molar-refractivity contribution < 1.29 is 14.0 Å². The average molecular weight is 423 g/mol. The van der Waals surface area contributed by atoms with Crippen molar-refractivity contribution in [3.8, 4) is 0 Å². The maximum atomic E-state index is 14.2. The van der Waals surface area contributed by atoms with Gasteiger partial charge in [0.2, 0.25) is 0 Å². The van der Waals surface area contributed by atoms with E-state index < -0.39 is 24.1 Å².